The summed E-state index contributed by atoms with van der Waals surface area (Å²) in [5.41, 5.74) is 5.09. The van der Waals surface area contributed by atoms with Gasteiger partial charge in [0, 0.05) is 11.6 Å². The molecule has 0 saturated carbocycles. The predicted molar refractivity (Wildman–Crippen MR) is 62.4 cm³/mol. The van der Waals surface area contributed by atoms with E-state index in [9.17, 15) is 17.6 Å². The van der Waals surface area contributed by atoms with Gasteiger partial charge in [-0.15, -0.1) is 0 Å². The van der Waals surface area contributed by atoms with Gasteiger partial charge in [0.15, 0.2) is 0 Å². The van der Waals surface area contributed by atoms with Crippen molar-refractivity contribution < 1.29 is 17.6 Å². The van der Waals surface area contributed by atoms with Crippen LogP contribution in [0.3, 0.4) is 0 Å². The van der Waals surface area contributed by atoms with Crippen molar-refractivity contribution in [1.82, 2.24) is 0 Å². The lowest BCUT2D eigenvalue weighted by Crippen LogP contribution is -2.16. The van der Waals surface area contributed by atoms with E-state index in [1.54, 1.807) is 0 Å². The predicted octanol–water partition coefficient (Wildman–Crippen LogP) is 4.20. The SMILES string of the molecule is C=C(CC)CC(N)c1cccc(C(F)(F)F)c1F. The zero-order chi connectivity index (χ0) is 13.9. The minimum Gasteiger partial charge on any atom is -0.324 e. The van der Waals surface area contributed by atoms with Crippen LogP contribution in [-0.2, 0) is 6.18 Å². The van der Waals surface area contributed by atoms with Crippen LogP contribution in [0.15, 0.2) is 30.4 Å². The first-order valence-corrected chi connectivity index (χ1v) is 5.55. The maximum atomic E-state index is 13.7. The van der Waals surface area contributed by atoms with E-state index in [0.717, 1.165) is 11.6 Å². The molecule has 2 N–H and O–H groups in total. The monoisotopic (exact) mass is 261 g/mol. The maximum absolute atomic E-state index is 13.7. The van der Waals surface area contributed by atoms with E-state index in [2.05, 4.69) is 6.58 Å². The highest BCUT2D eigenvalue weighted by atomic mass is 19.4. The number of alkyl halides is 3. The fraction of sp³-hybridized carbons (Fsp3) is 0.385. The first-order valence-electron chi connectivity index (χ1n) is 5.55. The van der Waals surface area contributed by atoms with Crippen LogP contribution in [0.25, 0.3) is 0 Å². The summed E-state index contributed by atoms with van der Waals surface area (Å²) in [6.07, 6.45) is -3.77. The summed E-state index contributed by atoms with van der Waals surface area (Å²) in [5.74, 6) is -1.29. The highest BCUT2D eigenvalue weighted by Gasteiger charge is 2.35. The topological polar surface area (TPSA) is 26.0 Å². The van der Waals surface area contributed by atoms with E-state index in [0.29, 0.717) is 12.5 Å². The average molecular weight is 261 g/mol. The van der Waals surface area contributed by atoms with Gasteiger partial charge in [-0.05, 0) is 18.9 Å². The molecule has 5 heteroatoms. The summed E-state index contributed by atoms with van der Waals surface area (Å²) in [5, 5.41) is 0. The Hall–Kier alpha value is -1.36. The van der Waals surface area contributed by atoms with Gasteiger partial charge in [-0.25, -0.2) is 4.39 Å². The van der Waals surface area contributed by atoms with Crippen molar-refractivity contribution in [3.05, 3.63) is 47.3 Å². The van der Waals surface area contributed by atoms with E-state index in [1.807, 2.05) is 6.92 Å². The lowest BCUT2D eigenvalue weighted by atomic mass is 9.97. The van der Waals surface area contributed by atoms with E-state index < -0.39 is 23.6 Å². The quantitative estimate of drug-likeness (QED) is 0.638. The molecule has 0 aliphatic rings. The Morgan fingerprint density at radius 3 is 2.50 bits per heavy atom. The highest BCUT2D eigenvalue weighted by Crippen LogP contribution is 2.34. The third kappa shape index (κ3) is 3.32. The van der Waals surface area contributed by atoms with Crippen molar-refractivity contribution >= 4 is 0 Å². The van der Waals surface area contributed by atoms with Gasteiger partial charge in [0.25, 0.3) is 0 Å². The first kappa shape index (κ1) is 14.7. The Bertz CT molecular complexity index is 437. The Kier molecular flexibility index (Phi) is 4.51. The summed E-state index contributed by atoms with van der Waals surface area (Å²) in [6.45, 7) is 5.57. The van der Waals surface area contributed by atoms with E-state index in [4.69, 9.17) is 5.73 Å². The normalized spacial score (nSPS) is 13.4. The van der Waals surface area contributed by atoms with Crippen molar-refractivity contribution in [3.8, 4) is 0 Å². The number of benzene rings is 1. The van der Waals surface area contributed by atoms with E-state index in [-0.39, 0.29) is 12.0 Å². The summed E-state index contributed by atoms with van der Waals surface area (Å²) < 4.78 is 51.3. The Labute approximate surface area is 103 Å². The van der Waals surface area contributed by atoms with Gasteiger partial charge >= 0.3 is 6.18 Å². The fourth-order valence-electron chi connectivity index (χ4n) is 1.62. The molecule has 0 spiro atoms. The van der Waals surface area contributed by atoms with Crippen LogP contribution >= 0.6 is 0 Å². The minimum atomic E-state index is -4.71. The Morgan fingerprint density at radius 1 is 1.39 bits per heavy atom. The zero-order valence-corrected chi connectivity index (χ0v) is 10.0. The molecule has 1 nitrogen and oxygen atoms in total. The second-order valence-corrected chi connectivity index (χ2v) is 4.12. The first-order chi connectivity index (χ1) is 8.27. The van der Waals surface area contributed by atoms with Crippen LogP contribution in [0, 0.1) is 5.82 Å². The van der Waals surface area contributed by atoms with Crippen LogP contribution < -0.4 is 5.73 Å². The van der Waals surface area contributed by atoms with Crippen molar-refractivity contribution in [2.24, 2.45) is 5.73 Å². The second kappa shape index (κ2) is 5.52. The fourth-order valence-corrected chi connectivity index (χ4v) is 1.62. The maximum Gasteiger partial charge on any atom is 0.419 e. The molecule has 1 rings (SSSR count). The van der Waals surface area contributed by atoms with Gasteiger partial charge < -0.3 is 5.73 Å². The molecule has 0 radical (unpaired) electrons. The number of hydrogen-bond donors (Lipinski definition) is 1. The lowest BCUT2D eigenvalue weighted by Gasteiger charge is -2.16. The number of nitrogens with two attached hydrogens (primary N) is 1. The van der Waals surface area contributed by atoms with E-state index in [1.165, 1.54) is 6.07 Å². The van der Waals surface area contributed by atoms with Crippen molar-refractivity contribution in [1.29, 1.82) is 0 Å². The summed E-state index contributed by atoms with van der Waals surface area (Å²) in [7, 11) is 0. The molecule has 0 aliphatic heterocycles. The number of hydrogen-bond acceptors (Lipinski definition) is 1. The van der Waals surface area contributed by atoms with Crippen LogP contribution in [0.2, 0.25) is 0 Å². The van der Waals surface area contributed by atoms with Crippen LogP contribution in [0.1, 0.15) is 36.9 Å². The molecule has 1 unspecified atom stereocenters. The largest absolute Gasteiger partial charge is 0.419 e. The van der Waals surface area contributed by atoms with Gasteiger partial charge in [0.1, 0.15) is 5.82 Å². The van der Waals surface area contributed by atoms with Crippen molar-refractivity contribution in [2.45, 2.75) is 32.0 Å². The average Bonchev–Trinajstić information content (AvgIpc) is 2.27. The van der Waals surface area contributed by atoms with Crippen LogP contribution in [-0.4, -0.2) is 0 Å². The third-order valence-electron chi connectivity index (χ3n) is 2.74. The number of rotatable bonds is 4. The molecule has 0 fully saturated rings. The van der Waals surface area contributed by atoms with Gasteiger partial charge in [0.05, 0.1) is 5.56 Å². The summed E-state index contributed by atoms with van der Waals surface area (Å²) >= 11 is 0. The van der Waals surface area contributed by atoms with Crippen LogP contribution in [0.4, 0.5) is 17.6 Å². The number of halogens is 4. The van der Waals surface area contributed by atoms with Gasteiger partial charge in [-0.2, -0.15) is 13.2 Å². The van der Waals surface area contributed by atoms with Gasteiger partial charge in [-0.3, -0.25) is 0 Å². The van der Waals surface area contributed by atoms with Crippen LogP contribution in [0.5, 0.6) is 0 Å². The molecular weight excluding hydrogens is 246 g/mol. The standard InChI is InChI=1S/C13H15F4N/c1-3-8(2)7-11(18)9-5-4-6-10(12(9)14)13(15,16)17/h4-6,11H,2-3,7,18H2,1H3. The molecule has 100 valence electrons. The third-order valence-corrected chi connectivity index (χ3v) is 2.74. The molecular formula is C13H15F4N. The Balaban J connectivity index is 3.07. The molecule has 18 heavy (non-hydrogen) atoms. The molecule has 1 aromatic carbocycles. The van der Waals surface area contributed by atoms with Crippen molar-refractivity contribution in [3.63, 3.8) is 0 Å². The summed E-state index contributed by atoms with van der Waals surface area (Å²) in [6, 6.07) is 2.34. The van der Waals surface area contributed by atoms with Gasteiger partial charge in [-0.1, -0.05) is 31.2 Å². The summed E-state index contributed by atoms with van der Waals surface area (Å²) in [4.78, 5) is 0. The zero-order valence-electron chi connectivity index (χ0n) is 10.0. The molecule has 0 saturated heterocycles. The Morgan fingerprint density at radius 2 is 2.00 bits per heavy atom. The highest BCUT2D eigenvalue weighted by molar-refractivity contribution is 5.30. The molecule has 1 atom stereocenters. The molecule has 0 amide bonds. The lowest BCUT2D eigenvalue weighted by molar-refractivity contribution is -0.140. The van der Waals surface area contributed by atoms with Crippen molar-refractivity contribution in [2.75, 3.05) is 0 Å². The van der Waals surface area contributed by atoms with E-state index >= 15 is 0 Å². The smallest absolute Gasteiger partial charge is 0.324 e. The molecule has 0 heterocycles. The minimum absolute atomic E-state index is 0.126. The molecule has 0 aromatic heterocycles. The molecule has 1 aromatic rings. The molecule has 0 bridgehead atoms. The second-order valence-electron chi connectivity index (χ2n) is 4.12. The molecule has 0 aliphatic carbocycles. The van der Waals surface area contributed by atoms with Gasteiger partial charge in [0.2, 0.25) is 0 Å².